The van der Waals surface area contributed by atoms with E-state index in [0.717, 1.165) is 37.9 Å². The number of carbonyl (C=O) groups is 1. The van der Waals surface area contributed by atoms with E-state index in [0.29, 0.717) is 6.42 Å². The molecule has 0 aromatic heterocycles. The minimum Gasteiger partial charge on any atom is -0.324 e. The maximum Gasteiger partial charge on any atom is 0.131 e. The monoisotopic (exact) mass is 300 g/mol. The molecular formula is C18H40N2O. The van der Waals surface area contributed by atoms with E-state index in [1.54, 1.807) is 6.92 Å². The van der Waals surface area contributed by atoms with Crippen molar-refractivity contribution in [3.8, 4) is 0 Å². The van der Waals surface area contributed by atoms with Gasteiger partial charge in [-0.1, -0.05) is 59.1 Å². The summed E-state index contributed by atoms with van der Waals surface area (Å²) in [6.45, 7) is 17.7. The summed E-state index contributed by atoms with van der Waals surface area (Å²) >= 11 is 0. The molecule has 1 unspecified atom stereocenters. The Balaban J connectivity index is -0.000000460. The fraction of sp³-hybridized carbons (Fsp3) is 0.833. The Morgan fingerprint density at radius 3 is 1.90 bits per heavy atom. The predicted molar refractivity (Wildman–Crippen MR) is 96.7 cm³/mol. The zero-order chi connectivity index (χ0) is 17.1. The van der Waals surface area contributed by atoms with E-state index in [1.165, 1.54) is 12.8 Å². The summed E-state index contributed by atoms with van der Waals surface area (Å²) in [5.74, 6) is 0.242. The van der Waals surface area contributed by atoms with Crippen LogP contribution in [0.25, 0.3) is 0 Å². The normalized spacial score (nSPS) is 10.6. The van der Waals surface area contributed by atoms with Gasteiger partial charge in [0.1, 0.15) is 5.78 Å². The highest BCUT2D eigenvalue weighted by atomic mass is 16.1. The lowest BCUT2D eigenvalue weighted by Gasteiger charge is -2.10. The number of rotatable bonds is 9. The first kappa shape index (κ1) is 25.3. The van der Waals surface area contributed by atoms with Crippen molar-refractivity contribution in [3.05, 3.63) is 12.2 Å². The van der Waals surface area contributed by atoms with E-state index in [4.69, 9.17) is 5.73 Å². The Bertz CT molecular complexity index is 225. The molecule has 0 bridgehead atoms. The van der Waals surface area contributed by atoms with Gasteiger partial charge in [0.05, 0.1) is 0 Å². The Morgan fingerprint density at radius 2 is 1.52 bits per heavy atom. The minimum atomic E-state index is 0.141. The van der Waals surface area contributed by atoms with Crippen molar-refractivity contribution in [1.29, 1.82) is 0 Å². The quantitative estimate of drug-likeness (QED) is 0.488. The third-order valence-corrected chi connectivity index (χ3v) is 2.41. The van der Waals surface area contributed by atoms with Gasteiger partial charge in [-0.25, -0.2) is 0 Å². The first-order chi connectivity index (χ1) is 9.87. The molecule has 21 heavy (non-hydrogen) atoms. The second kappa shape index (κ2) is 21.6. The smallest absolute Gasteiger partial charge is 0.131 e. The van der Waals surface area contributed by atoms with Crippen molar-refractivity contribution in [3.63, 3.8) is 0 Å². The van der Waals surface area contributed by atoms with Crippen LogP contribution in [-0.2, 0) is 4.79 Å². The third-order valence-electron chi connectivity index (χ3n) is 2.41. The molecule has 0 fully saturated rings. The SMILES string of the molecule is C=C(C)C(N)CCCCNCCC(C)=O.CCC.CCC. The van der Waals surface area contributed by atoms with Gasteiger partial charge < -0.3 is 11.1 Å². The molecule has 3 heteroatoms. The van der Waals surface area contributed by atoms with E-state index in [1.807, 2.05) is 6.92 Å². The highest BCUT2D eigenvalue weighted by Crippen LogP contribution is 2.04. The second-order valence-corrected chi connectivity index (χ2v) is 5.56. The van der Waals surface area contributed by atoms with Gasteiger partial charge in [-0.3, -0.25) is 4.79 Å². The molecule has 128 valence electrons. The Labute approximate surface area is 133 Å². The van der Waals surface area contributed by atoms with Crippen LogP contribution in [0.2, 0.25) is 0 Å². The fourth-order valence-electron chi connectivity index (χ4n) is 1.25. The van der Waals surface area contributed by atoms with Crippen LogP contribution in [0, 0.1) is 0 Å². The number of unbranched alkanes of at least 4 members (excludes halogenated alkanes) is 1. The zero-order valence-electron chi connectivity index (χ0n) is 15.4. The van der Waals surface area contributed by atoms with Crippen LogP contribution in [0.15, 0.2) is 12.2 Å². The van der Waals surface area contributed by atoms with E-state index in [9.17, 15) is 4.79 Å². The summed E-state index contributed by atoms with van der Waals surface area (Å²) < 4.78 is 0. The molecule has 0 saturated heterocycles. The Hall–Kier alpha value is -0.670. The molecule has 3 nitrogen and oxygen atoms in total. The van der Waals surface area contributed by atoms with E-state index >= 15 is 0 Å². The van der Waals surface area contributed by atoms with Gasteiger partial charge in [-0.05, 0) is 33.2 Å². The van der Waals surface area contributed by atoms with E-state index < -0.39 is 0 Å². The molecular weight excluding hydrogens is 260 g/mol. The molecule has 0 spiro atoms. The van der Waals surface area contributed by atoms with Gasteiger partial charge in [0.2, 0.25) is 0 Å². The summed E-state index contributed by atoms with van der Waals surface area (Å²) in [6.07, 6.45) is 6.36. The van der Waals surface area contributed by atoms with Crippen LogP contribution in [0.5, 0.6) is 0 Å². The number of Topliss-reactive ketones (excluding diaryl/α,β-unsaturated/α-hetero) is 1. The first-order valence-corrected chi connectivity index (χ1v) is 8.48. The van der Waals surface area contributed by atoms with Crippen molar-refractivity contribution in [1.82, 2.24) is 5.32 Å². The molecule has 0 radical (unpaired) electrons. The molecule has 0 amide bonds. The number of carbonyl (C=O) groups excluding carboxylic acids is 1. The molecule has 0 rings (SSSR count). The summed E-state index contributed by atoms with van der Waals surface area (Å²) in [4.78, 5) is 10.6. The van der Waals surface area contributed by atoms with Gasteiger partial charge in [-0.2, -0.15) is 0 Å². The van der Waals surface area contributed by atoms with E-state index in [-0.39, 0.29) is 11.8 Å². The van der Waals surface area contributed by atoms with Crippen LogP contribution >= 0.6 is 0 Å². The van der Waals surface area contributed by atoms with Crippen molar-refractivity contribution in [2.24, 2.45) is 5.73 Å². The summed E-state index contributed by atoms with van der Waals surface area (Å²) in [5, 5.41) is 3.24. The number of nitrogens with one attached hydrogen (secondary N) is 1. The maximum atomic E-state index is 10.6. The molecule has 0 aliphatic rings. The van der Waals surface area contributed by atoms with Crippen LogP contribution < -0.4 is 11.1 Å². The molecule has 0 saturated carbocycles. The zero-order valence-corrected chi connectivity index (χ0v) is 15.4. The minimum absolute atomic E-state index is 0.141. The molecule has 0 aromatic carbocycles. The lowest BCUT2D eigenvalue weighted by Crippen LogP contribution is -2.22. The summed E-state index contributed by atoms with van der Waals surface area (Å²) in [5.41, 5.74) is 6.89. The molecule has 3 N–H and O–H groups in total. The molecule has 0 aliphatic heterocycles. The number of nitrogens with two attached hydrogens (primary N) is 1. The predicted octanol–water partition coefficient (Wildman–Crippen LogP) is 4.46. The van der Waals surface area contributed by atoms with Gasteiger partial charge in [-0.15, -0.1) is 0 Å². The second-order valence-electron chi connectivity index (χ2n) is 5.56. The van der Waals surface area contributed by atoms with Crippen LogP contribution in [0.4, 0.5) is 0 Å². The van der Waals surface area contributed by atoms with Gasteiger partial charge >= 0.3 is 0 Å². The average Bonchev–Trinajstić information content (AvgIpc) is 2.38. The molecule has 1 atom stereocenters. The van der Waals surface area contributed by atoms with Crippen molar-refractivity contribution >= 4 is 5.78 Å². The van der Waals surface area contributed by atoms with Gasteiger partial charge in [0.25, 0.3) is 0 Å². The molecule has 0 heterocycles. The first-order valence-electron chi connectivity index (χ1n) is 8.48. The largest absolute Gasteiger partial charge is 0.324 e. The lowest BCUT2D eigenvalue weighted by atomic mass is 10.1. The van der Waals surface area contributed by atoms with Gasteiger partial charge in [0.15, 0.2) is 0 Å². The number of ketones is 1. The number of hydrogen-bond acceptors (Lipinski definition) is 3. The third kappa shape index (κ3) is 32.7. The number of hydrogen-bond donors (Lipinski definition) is 2. The van der Waals surface area contributed by atoms with Crippen LogP contribution in [-0.4, -0.2) is 24.9 Å². The summed E-state index contributed by atoms with van der Waals surface area (Å²) in [6, 6.07) is 0.141. The lowest BCUT2D eigenvalue weighted by molar-refractivity contribution is -0.116. The maximum absolute atomic E-state index is 10.6. The van der Waals surface area contributed by atoms with Crippen LogP contribution in [0.1, 0.15) is 80.1 Å². The Morgan fingerprint density at radius 1 is 1.05 bits per heavy atom. The fourth-order valence-corrected chi connectivity index (χ4v) is 1.25. The van der Waals surface area contributed by atoms with E-state index in [2.05, 4.69) is 39.6 Å². The standard InChI is InChI=1S/C12H24N2O.2C3H8/c1-10(2)12(13)6-4-5-8-14-9-7-11(3)15;2*1-3-2/h12,14H,1,4-9,13H2,2-3H3;2*3H2,1-2H3. The van der Waals surface area contributed by atoms with Crippen molar-refractivity contribution < 1.29 is 4.79 Å². The highest BCUT2D eigenvalue weighted by molar-refractivity contribution is 5.75. The average molecular weight is 301 g/mol. The van der Waals surface area contributed by atoms with Crippen molar-refractivity contribution in [2.75, 3.05) is 13.1 Å². The summed E-state index contributed by atoms with van der Waals surface area (Å²) in [7, 11) is 0. The van der Waals surface area contributed by atoms with Gasteiger partial charge in [0, 0.05) is 19.0 Å². The molecule has 0 aromatic rings. The topological polar surface area (TPSA) is 55.1 Å². The highest BCUT2D eigenvalue weighted by Gasteiger charge is 2.01. The van der Waals surface area contributed by atoms with Crippen molar-refractivity contribution in [2.45, 2.75) is 86.1 Å². The molecule has 0 aliphatic carbocycles. The van der Waals surface area contributed by atoms with Crippen LogP contribution in [0.3, 0.4) is 0 Å². The Kier molecular flexibility index (Phi) is 26.0.